The summed E-state index contributed by atoms with van der Waals surface area (Å²) in [5, 5.41) is 0. The molecular formula is C15H28O4. The van der Waals surface area contributed by atoms with Crippen molar-refractivity contribution in [3.8, 4) is 0 Å². The molecule has 4 heteroatoms. The summed E-state index contributed by atoms with van der Waals surface area (Å²) in [6.07, 6.45) is 7.49. The highest BCUT2D eigenvalue weighted by atomic mass is 16.8. The van der Waals surface area contributed by atoms with Crippen LogP contribution in [0.25, 0.3) is 0 Å². The van der Waals surface area contributed by atoms with Crippen LogP contribution in [0.5, 0.6) is 0 Å². The van der Waals surface area contributed by atoms with Gasteiger partial charge in [0, 0.05) is 12.7 Å². The molecule has 4 nitrogen and oxygen atoms in total. The van der Waals surface area contributed by atoms with Gasteiger partial charge in [0.2, 0.25) is 6.29 Å². The zero-order valence-electron chi connectivity index (χ0n) is 12.5. The summed E-state index contributed by atoms with van der Waals surface area (Å²) in [6.45, 7) is 9.67. The van der Waals surface area contributed by atoms with Crippen molar-refractivity contribution < 1.29 is 19.0 Å². The molecule has 0 N–H and O–H groups in total. The molecule has 0 rings (SSSR count). The van der Waals surface area contributed by atoms with Crippen molar-refractivity contribution in [3.05, 3.63) is 12.7 Å². The molecule has 0 saturated carbocycles. The Morgan fingerprint density at radius 1 is 1.11 bits per heavy atom. The second-order valence-electron chi connectivity index (χ2n) is 4.55. The first-order chi connectivity index (χ1) is 9.10. The number of ether oxygens (including phenoxy) is 3. The fraction of sp³-hybridized carbons (Fsp3) is 0.800. The average Bonchev–Trinajstić information content (AvgIpc) is 2.37. The summed E-state index contributed by atoms with van der Waals surface area (Å²) in [5.74, 6) is -0.490. The lowest BCUT2D eigenvalue weighted by Gasteiger charge is -2.19. The predicted octanol–water partition coefficient (Wildman–Crippen LogP) is 3.80. The molecule has 0 amide bonds. The van der Waals surface area contributed by atoms with Crippen molar-refractivity contribution in [1.82, 2.24) is 0 Å². The molecule has 0 aromatic rings. The molecule has 19 heavy (non-hydrogen) atoms. The summed E-state index contributed by atoms with van der Waals surface area (Å²) in [5.41, 5.74) is 0. The number of unbranched alkanes of at least 4 members (excludes halogenated alkanes) is 5. The van der Waals surface area contributed by atoms with Crippen molar-refractivity contribution in [2.24, 2.45) is 0 Å². The van der Waals surface area contributed by atoms with E-state index in [-0.39, 0.29) is 6.29 Å². The summed E-state index contributed by atoms with van der Waals surface area (Å²) < 4.78 is 15.7. The van der Waals surface area contributed by atoms with Crippen LogP contribution < -0.4 is 0 Å². The zero-order chi connectivity index (χ0) is 14.5. The lowest BCUT2D eigenvalue weighted by atomic mass is 10.1. The van der Waals surface area contributed by atoms with Crippen LogP contribution >= 0.6 is 0 Å². The molecule has 0 saturated heterocycles. The van der Waals surface area contributed by atoms with Crippen LogP contribution in [-0.2, 0) is 19.0 Å². The number of hydrogen-bond acceptors (Lipinski definition) is 4. The summed E-state index contributed by atoms with van der Waals surface area (Å²) in [6, 6.07) is 0. The third kappa shape index (κ3) is 11.9. The van der Waals surface area contributed by atoms with Gasteiger partial charge in [-0.15, -0.1) is 0 Å². The molecule has 0 aliphatic rings. The van der Waals surface area contributed by atoms with Crippen molar-refractivity contribution in [3.63, 3.8) is 0 Å². The van der Waals surface area contributed by atoms with Crippen LogP contribution in [0.4, 0.5) is 0 Å². The van der Waals surface area contributed by atoms with E-state index in [1.807, 2.05) is 0 Å². The van der Waals surface area contributed by atoms with Crippen molar-refractivity contribution >= 4 is 5.97 Å². The molecule has 0 aromatic carbocycles. The minimum absolute atomic E-state index is 0.372. The highest BCUT2D eigenvalue weighted by Gasteiger charge is 2.11. The molecule has 0 heterocycles. The van der Waals surface area contributed by atoms with Crippen LogP contribution in [0, 0.1) is 0 Å². The van der Waals surface area contributed by atoms with E-state index in [9.17, 15) is 4.79 Å². The topological polar surface area (TPSA) is 44.8 Å². The lowest BCUT2D eigenvalue weighted by Crippen LogP contribution is -2.24. The minimum atomic E-state index is -0.620. The fourth-order valence-electron chi connectivity index (χ4n) is 1.68. The molecular weight excluding hydrogens is 244 g/mol. The molecule has 2 atom stereocenters. The van der Waals surface area contributed by atoms with E-state index in [0.29, 0.717) is 6.61 Å². The van der Waals surface area contributed by atoms with E-state index in [1.165, 1.54) is 32.1 Å². The van der Waals surface area contributed by atoms with Gasteiger partial charge in [0.15, 0.2) is 6.29 Å². The molecule has 0 radical (unpaired) electrons. The monoisotopic (exact) mass is 272 g/mol. The van der Waals surface area contributed by atoms with Gasteiger partial charge in [-0.3, -0.25) is 0 Å². The molecule has 0 aliphatic heterocycles. The molecule has 112 valence electrons. The summed E-state index contributed by atoms with van der Waals surface area (Å²) >= 11 is 0. The maximum absolute atomic E-state index is 10.9. The number of rotatable bonds is 12. The van der Waals surface area contributed by atoms with Gasteiger partial charge in [0.25, 0.3) is 0 Å². The quantitative estimate of drug-likeness (QED) is 0.234. The zero-order valence-corrected chi connectivity index (χ0v) is 12.5. The van der Waals surface area contributed by atoms with Crippen LogP contribution in [0.3, 0.4) is 0 Å². The largest absolute Gasteiger partial charge is 0.433 e. The Bertz CT molecular complexity index is 240. The first kappa shape index (κ1) is 18.1. The van der Waals surface area contributed by atoms with Crippen LogP contribution in [-0.4, -0.2) is 25.2 Å². The highest BCUT2D eigenvalue weighted by Crippen LogP contribution is 2.07. The smallest absolute Gasteiger partial charge is 0.332 e. The second-order valence-corrected chi connectivity index (χ2v) is 4.55. The predicted molar refractivity (Wildman–Crippen MR) is 75.6 cm³/mol. The summed E-state index contributed by atoms with van der Waals surface area (Å²) in [7, 11) is 0. The van der Waals surface area contributed by atoms with E-state index in [1.54, 1.807) is 13.8 Å². The molecule has 2 unspecified atom stereocenters. The lowest BCUT2D eigenvalue weighted by molar-refractivity contribution is -0.226. The van der Waals surface area contributed by atoms with Gasteiger partial charge in [0.1, 0.15) is 0 Å². The van der Waals surface area contributed by atoms with Crippen molar-refractivity contribution in [2.45, 2.75) is 71.9 Å². The molecule has 0 aromatic heterocycles. The Balaban J connectivity index is 3.45. The van der Waals surface area contributed by atoms with E-state index in [2.05, 4.69) is 13.5 Å². The third-order valence-corrected chi connectivity index (χ3v) is 2.68. The molecule has 0 fully saturated rings. The molecule has 0 spiro atoms. The van der Waals surface area contributed by atoms with Gasteiger partial charge in [-0.1, -0.05) is 45.6 Å². The Hall–Kier alpha value is -0.870. The Morgan fingerprint density at radius 3 is 2.37 bits per heavy atom. The van der Waals surface area contributed by atoms with Crippen LogP contribution in [0.2, 0.25) is 0 Å². The molecule has 0 aliphatic carbocycles. The standard InChI is InChI=1S/C15H28O4/c1-5-7-8-9-10-11-12-17-13(3)18-14(4)19-15(16)6-2/h6,13-14H,2,5,7-12H2,1,3-4H3. The SMILES string of the molecule is C=CC(=O)OC(C)OC(C)OCCCCCCCC. The number of hydrogen-bond donors (Lipinski definition) is 0. The van der Waals surface area contributed by atoms with Gasteiger partial charge in [-0.25, -0.2) is 4.79 Å². The first-order valence-corrected chi connectivity index (χ1v) is 7.20. The van der Waals surface area contributed by atoms with E-state index in [4.69, 9.17) is 14.2 Å². The summed E-state index contributed by atoms with van der Waals surface area (Å²) in [4.78, 5) is 10.9. The maximum Gasteiger partial charge on any atom is 0.332 e. The van der Waals surface area contributed by atoms with Gasteiger partial charge < -0.3 is 14.2 Å². The van der Waals surface area contributed by atoms with E-state index < -0.39 is 12.3 Å². The normalized spacial score (nSPS) is 13.8. The van der Waals surface area contributed by atoms with Gasteiger partial charge in [0.05, 0.1) is 0 Å². The number of carbonyl (C=O) groups is 1. The number of carbonyl (C=O) groups excluding carboxylic acids is 1. The van der Waals surface area contributed by atoms with E-state index in [0.717, 1.165) is 12.5 Å². The van der Waals surface area contributed by atoms with Crippen molar-refractivity contribution in [1.29, 1.82) is 0 Å². The van der Waals surface area contributed by atoms with Gasteiger partial charge in [-0.2, -0.15) is 0 Å². The first-order valence-electron chi connectivity index (χ1n) is 7.20. The minimum Gasteiger partial charge on any atom is -0.433 e. The Labute approximate surface area is 117 Å². The fourth-order valence-corrected chi connectivity index (χ4v) is 1.68. The Morgan fingerprint density at radius 2 is 1.74 bits per heavy atom. The average molecular weight is 272 g/mol. The van der Waals surface area contributed by atoms with Gasteiger partial charge >= 0.3 is 5.97 Å². The van der Waals surface area contributed by atoms with Crippen molar-refractivity contribution in [2.75, 3.05) is 6.61 Å². The molecule has 0 bridgehead atoms. The highest BCUT2D eigenvalue weighted by molar-refractivity contribution is 5.81. The maximum atomic E-state index is 10.9. The van der Waals surface area contributed by atoms with Crippen LogP contribution in [0.15, 0.2) is 12.7 Å². The van der Waals surface area contributed by atoms with Gasteiger partial charge in [-0.05, 0) is 20.3 Å². The third-order valence-electron chi connectivity index (χ3n) is 2.68. The number of esters is 1. The van der Waals surface area contributed by atoms with Crippen LogP contribution in [0.1, 0.15) is 59.3 Å². The Kier molecular flexibility index (Phi) is 11.6. The van der Waals surface area contributed by atoms with E-state index >= 15 is 0 Å². The second kappa shape index (κ2) is 12.2.